The number of alkyl carbamates (subject to hydrolysis) is 1. The van der Waals surface area contributed by atoms with Crippen molar-refractivity contribution in [2.75, 3.05) is 26.2 Å². The summed E-state index contributed by atoms with van der Waals surface area (Å²) in [5.41, 5.74) is 0. The van der Waals surface area contributed by atoms with Crippen molar-refractivity contribution in [3.8, 4) is 0 Å². The summed E-state index contributed by atoms with van der Waals surface area (Å²) in [6.45, 7) is 3.70. The largest absolute Gasteiger partial charge is 0.450 e. The molecule has 0 aromatic carbocycles. The van der Waals surface area contributed by atoms with Crippen LogP contribution in [0.25, 0.3) is 0 Å². The number of aliphatic hydroxyl groups excluding tert-OH is 1. The van der Waals surface area contributed by atoms with E-state index in [1.807, 2.05) is 4.90 Å². The van der Waals surface area contributed by atoms with E-state index in [0.29, 0.717) is 11.8 Å². The number of hydrogen-bond donors (Lipinski definition) is 2. The molecule has 18 heavy (non-hydrogen) atoms. The van der Waals surface area contributed by atoms with Crippen LogP contribution in [0.1, 0.15) is 19.8 Å². The summed E-state index contributed by atoms with van der Waals surface area (Å²) in [7, 11) is 0. The van der Waals surface area contributed by atoms with E-state index in [0.717, 1.165) is 25.9 Å². The van der Waals surface area contributed by atoms with Gasteiger partial charge in [0.2, 0.25) is 5.91 Å². The molecule has 3 unspecified atom stereocenters. The topological polar surface area (TPSA) is 78.9 Å². The van der Waals surface area contributed by atoms with Gasteiger partial charge in [0.15, 0.2) is 0 Å². The summed E-state index contributed by atoms with van der Waals surface area (Å²) >= 11 is 0. The molecule has 3 atom stereocenters. The molecule has 2 aliphatic rings. The van der Waals surface area contributed by atoms with Gasteiger partial charge in [-0.3, -0.25) is 15.0 Å². The van der Waals surface area contributed by atoms with Crippen molar-refractivity contribution in [3.05, 3.63) is 0 Å². The molecule has 6 nitrogen and oxygen atoms in total. The van der Waals surface area contributed by atoms with Crippen LogP contribution < -0.4 is 5.32 Å². The predicted octanol–water partition coefficient (Wildman–Crippen LogP) is -0.0382. The minimum atomic E-state index is -0.693. The highest BCUT2D eigenvalue weighted by Crippen LogP contribution is 2.37. The van der Waals surface area contributed by atoms with Gasteiger partial charge < -0.3 is 9.84 Å². The van der Waals surface area contributed by atoms with Gasteiger partial charge in [0.1, 0.15) is 0 Å². The summed E-state index contributed by atoms with van der Waals surface area (Å²) in [5, 5.41) is 11.9. The average Bonchev–Trinajstić information content (AvgIpc) is 2.81. The number of nitrogens with zero attached hydrogens (tertiary/aromatic N) is 1. The highest BCUT2D eigenvalue weighted by Gasteiger charge is 2.42. The van der Waals surface area contributed by atoms with E-state index < -0.39 is 6.09 Å². The molecular weight excluding hydrogens is 236 g/mol. The first-order valence-electron chi connectivity index (χ1n) is 6.47. The van der Waals surface area contributed by atoms with Gasteiger partial charge in [-0.2, -0.15) is 0 Å². The van der Waals surface area contributed by atoms with Crippen LogP contribution in [0.3, 0.4) is 0 Å². The van der Waals surface area contributed by atoms with Crippen LogP contribution in [0.4, 0.5) is 4.79 Å². The molecule has 0 aromatic heterocycles. The van der Waals surface area contributed by atoms with E-state index in [-0.39, 0.29) is 25.2 Å². The fraction of sp³-hybridized carbons (Fsp3) is 0.833. The molecule has 0 bridgehead atoms. The van der Waals surface area contributed by atoms with Gasteiger partial charge >= 0.3 is 6.09 Å². The van der Waals surface area contributed by atoms with Gasteiger partial charge in [0.25, 0.3) is 0 Å². The quantitative estimate of drug-likeness (QED) is 0.741. The van der Waals surface area contributed by atoms with Crippen LogP contribution in [-0.2, 0) is 9.53 Å². The Balaban J connectivity index is 1.74. The standard InChI is InChI=1S/C12H20N2O4/c1-2-18-12(17)13-11(16)7-14-5-8-3-4-10(15)9(8)6-14/h8-10,15H,2-7H2,1H3,(H,13,16,17). The van der Waals surface area contributed by atoms with Crippen molar-refractivity contribution in [1.29, 1.82) is 0 Å². The Hall–Kier alpha value is -1.14. The van der Waals surface area contributed by atoms with E-state index in [1.165, 1.54) is 0 Å². The maximum atomic E-state index is 11.6. The van der Waals surface area contributed by atoms with Gasteiger partial charge in [-0.25, -0.2) is 4.79 Å². The third-order valence-electron chi connectivity index (χ3n) is 3.78. The summed E-state index contributed by atoms with van der Waals surface area (Å²) in [6, 6.07) is 0. The molecule has 1 saturated heterocycles. The minimum Gasteiger partial charge on any atom is -0.450 e. The first kappa shape index (κ1) is 13.3. The number of aliphatic hydroxyl groups is 1. The molecule has 0 spiro atoms. The number of imide groups is 1. The lowest BCUT2D eigenvalue weighted by Gasteiger charge is -2.16. The Morgan fingerprint density at radius 2 is 2.17 bits per heavy atom. The summed E-state index contributed by atoms with van der Waals surface area (Å²) < 4.78 is 4.64. The second-order valence-corrected chi connectivity index (χ2v) is 5.03. The van der Waals surface area contributed by atoms with Crippen LogP contribution >= 0.6 is 0 Å². The first-order chi connectivity index (χ1) is 8.60. The molecule has 102 valence electrons. The first-order valence-corrected chi connectivity index (χ1v) is 6.47. The fourth-order valence-corrected chi connectivity index (χ4v) is 2.98. The normalized spacial score (nSPS) is 31.1. The number of ether oxygens (including phenoxy) is 1. The zero-order valence-electron chi connectivity index (χ0n) is 10.6. The van der Waals surface area contributed by atoms with Gasteiger partial charge in [0, 0.05) is 19.0 Å². The fourth-order valence-electron chi connectivity index (χ4n) is 2.98. The van der Waals surface area contributed by atoms with Crippen LogP contribution in [0.5, 0.6) is 0 Å². The van der Waals surface area contributed by atoms with E-state index in [1.54, 1.807) is 6.92 Å². The third kappa shape index (κ3) is 3.00. The highest BCUT2D eigenvalue weighted by atomic mass is 16.5. The number of hydrogen-bond acceptors (Lipinski definition) is 5. The van der Waals surface area contributed by atoms with E-state index >= 15 is 0 Å². The van der Waals surface area contributed by atoms with Crippen molar-refractivity contribution < 1.29 is 19.4 Å². The molecule has 1 heterocycles. The van der Waals surface area contributed by atoms with Gasteiger partial charge in [-0.05, 0) is 25.7 Å². The maximum Gasteiger partial charge on any atom is 0.413 e. The molecule has 2 N–H and O–H groups in total. The second-order valence-electron chi connectivity index (χ2n) is 5.03. The van der Waals surface area contributed by atoms with E-state index in [4.69, 9.17) is 0 Å². The summed E-state index contributed by atoms with van der Waals surface area (Å²) in [5.74, 6) is 0.443. The van der Waals surface area contributed by atoms with Crippen molar-refractivity contribution in [2.24, 2.45) is 11.8 Å². The zero-order valence-corrected chi connectivity index (χ0v) is 10.6. The Labute approximate surface area is 106 Å². The highest BCUT2D eigenvalue weighted by molar-refractivity contribution is 5.92. The van der Waals surface area contributed by atoms with Crippen molar-refractivity contribution in [2.45, 2.75) is 25.9 Å². The third-order valence-corrected chi connectivity index (χ3v) is 3.78. The minimum absolute atomic E-state index is 0.193. The van der Waals surface area contributed by atoms with Crippen LogP contribution in [0.2, 0.25) is 0 Å². The zero-order chi connectivity index (χ0) is 13.1. The molecule has 1 aliphatic carbocycles. The number of fused-ring (bicyclic) bond motifs is 1. The van der Waals surface area contributed by atoms with Crippen molar-refractivity contribution in [1.82, 2.24) is 10.2 Å². The predicted molar refractivity (Wildman–Crippen MR) is 63.8 cm³/mol. The van der Waals surface area contributed by atoms with E-state index in [2.05, 4.69) is 10.1 Å². The summed E-state index contributed by atoms with van der Waals surface area (Å²) in [4.78, 5) is 24.6. The van der Waals surface area contributed by atoms with Crippen molar-refractivity contribution >= 4 is 12.0 Å². The molecule has 0 aromatic rings. The lowest BCUT2D eigenvalue weighted by Crippen LogP contribution is -2.40. The van der Waals surface area contributed by atoms with Crippen LogP contribution in [0.15, 0.2) is 0 Å². The maximum absolute atomic E-state index is 11.6. The number of amides is 2. The number of nitrogens with one attached hydrogen (secondary N) is 1. The van der Waals surface area contributed by atoms with Crippen LogP contribution in [0, 0.1) is 11.8 Å². The molecule has 2 amide bonds. The Kier molecular flexibility index (Phi) is 4.19. The SMILES string of the molecule is CCOC(=O)NC(=O)CN1CC2CCC(O)C2C1. The van der Waals surface area contributed by atoms with Crippen LogP contribution in [-0.4, -0.2) is 54.4 Å². The van der Waals surface area contributed by atoms with E-state index in [9.17, 15) is 14.7 Å². The van der Waals surface area contributed by atoms with Gasteiger partial charge in [-0.15, -0.1) is 0 Å². The van der Waals surface area contributed by atoms with Crippen molar-refractivity contribution in [3.63, 3.8) is 0 Å². The molecule has 2 rings (SSSR count). The monoisotopic (exact) mass is 256 g/mol. The number of carbonyl (C=O) groups is 2. The molecule has 1 aliphatic heterocycles. The second kappa shape index (κ2) is 5.67. The lowest BCUT2D eigenvalue weighted by molar-refractivity contribution is -0.121. The number of likely N-dealkylation sites (tertiary alicyclic amines) is 1. The number of carbonyl (C=O) groups excluding carboxylic acids is 2. The molecular formula is C12H20N2O4. The Morgan fingerprint density at radius 1 is 1.39 bits per heavy atom. The van der Waals surface area contributed by atoms with Gasteiger partial charge in [0.05, 0.1) is 19.3 Å². The average molecular weight is 256 g/mol. The number of rotatable bonds is 3. The lowest BCUT2D eigenvalue weighted by atomic mass is 10.00. The Bertz CT molecular complexity index is 334. The molecule has 0 radical (unpaired) electrons. The molecule has 1 saturated carbocycles. The molecule has 2 fully saturated rings. The smallest absolute Gasteiger partial charge is 0.413 e. The Morgan fingerprint density at radius 3 is 2.83 bits per heavy atom. The summed E-state index contributed by atoms with van der Waals surface area (Å²) in [6.07, 6.45) is 0.982. The van der Waals surface area contributed by atoms with Gasteiger partial charge in [-0.1, -0.05) is 0 Å². The molecule has 6 heteroatoms.